The summed E-state index contributed by atoms with van der Waals surface area (Å²) in [5, 5.41) is 0. The SMILES string of the molecule is Cn1cncc1-c1nc(N)cc(C2CC2)n1. The minimum absolute atomic E-state index is 0.535. The number of hydrogen-bond acceptors (Lipinski definition) is 4. The maximum absolute atomic E-state index is 5.80. The van der Waals surface area contributed by atoms with Crippen LogP contribution in [0.25, 0.3) is 11.5 Å². The molecule has 1 fully saturated rings. The van der Waals surface area contributed by atoms with Crippen LogP contribution < -0.4 is 5.73 Å². The Morgan fingerprint density at radius 2 is 2.19 bits per heavy atom. The minimum Gasteiger partial charge on any atom is -0.384 e. The van der Waals surface area contributed by atoms with Crippen LogP contribution in [0.15, 0.2) is 18.6 Å². The molecule has 1 aliphatic carbocycles. The zero-order valence-electron chi connectivity index (χ0n) is 9.09. The third kappa shape index (κ3) is 1.54. The molecule has 0 atom stereocenters. The van der Waals surface area contributed by atoms with E-state index in [9.17, 15) is 0 Å². The molecule has 2 heterocycles. The quantitative estimate of drug-likeness (QED) is 0.820. The van der Waals surface area contributed by atoms with E-state index < -0.39 is 0 Å². The number of nitrogens with zero attached hydrogens (tertiary/aromatic N) is 4. The van der Waals surface area contributed by atoms with Crippen LogP contribution in [0.5, 0.6) is 0 Å². The third-order valence-electron chi connectivity index (χ3n) is 2.81. The molecule has 0 spiro atoms. The lowest BCUT2D eigenvalue weighted by Gasteiger charge is -2.05. The van der Waals surface area contributed by atoms with Gasteiger partial charge in [-0.1, -0.05) is 0 Å². The van der Waals surface area contributed by atoms with Crippen molar-refractivity contribution in [2.75, 3.05) is 5.73 Å². The van der Waals surface area contributed by atoms with Crippen LogP contribution in [0, 0.1) is 0 Å². The minimum atomic E-state index is 0.535. The van der Waals surface area contributed by atoms with Crippen LogP contribution in [-0.2, 0) is 7.05 Å². The second-order valence-corrected chi connectivity index (χ2v) is 4.21. The van der Waals surface area contributed by atoms with E-state index in [2.05, 4.69) is 15.0 Å². The molecule has 5 nitrogen and oxygen atoms in total. The molecular formula is C11H13N5. The van der Waals surface area contributed by atoms with Gasteiger partial charge in [-0.25, -0.2) is 15.0 Å². The van der Waals surface area contributed by atoms with E-state index in [0.717, 1.165) is 11.4 Å². The number of imidazole rings is 1. The molecule has 0 aromatic carbocycles. The van der Waals surface area contributed by atoms with Crippen molar-refractivity contribution in [3.63, 3.8) is 0 Å². The Balaban J connectivity index is 2.10. The molecule has 0 saturated heterocycles. The fourth-order valence-electron chi connectivity index (χ4n) is 1.76. The smallest absolute Gasteiger partial charge is 0.180 e. The molecule has 0 aliphatic heterocycles. The van der Waals surface area contributed by atoms with Gasteiger partial charge < -0.3 is 10.3 Å². The van der Waals surface area contributed by atoms with Gasteiger partial charge in [-0.15, -0.1) is 0 Å². The Labute approximate surface area is 93.4 Å². The summed E-state index contributed by atoms with van der Waals surface area (Å²) >= 11 is 0. The first-order chi connectivity index (χ1) is 7.74. The normalized spacial score (nSPS) is 15.3. The summed E-state index contributed by atoms with van der Waals surface area (Å²) in [6.07, 6.45) is 5.91. The number of anilines is 1. The van der Waals surface area contributed by atoms with Crippen LogP contribution in [0.2, 0.25) is 0 Å². The third-order valence-corrected chi connectivity index (χ3v) is 2.81. The van der Waals surface area contributed by atoms with Crippen molar-refractivity contribution in [2.45, 2.75) is 18.8 Å². The van der Waals surface area contributed by atoms with Crippen molar-refractivity contribution in [3.05, 3.63) is 24.3 Å². The van der Waals surface area contributed by atoms with E-state index in [0.29, 0.717) is 17.6 Å². The van der Waals surface area contributed by atoms with Crippen molar-refractivity contribution in [1.82, 2.24) is 19.5 Å². The maximum Gasteiger partial charge on any atom is 0.180 e. The molecule has 5 heteroatoms. The maximum atomic E-state index is 5.80. The van der Waals surface area contributed by atoms with E-state index >= 15 is 0 Å². The Hall–Kier alpha value is -1.91. The predicted molar refractivity (Wildman–Crippen MR) is 60.6 cm³/mol. The monoisotopic (exact) mass is 215 g/mol. The van der Waals surface area contributed by atoms with Gasteiger partial charge in [0.25, 0.3) is 0 Å². The van der Waals surface area contributed by atoms with Gasteiger partial charge in [-0.05, 0) is 12.8 Å². The van der Waals surface area contributed by atoms with Crippen molar-refractivity contribution >= 4 is 5.82 Å². The summed E-state index contributed by atoms with van der Waals surface area (Å²) in [7, 11) is 1.92. The fraction of sp³-hybridized carbons (Fsp3) is 0.364. The number of nitrogen functional groups attached to an aromatic ring is 1. The first-order valence-electron chi connectivity index (χ1n) is 5.35. The van der Waals surface area contributed by atoms with Gasteiger partial charge in [-0.3, -0.25) is 0 Å². The molecule has 1 aliphatic rings. The lowest BCUT2D eigenvalue weighted by atomic mass is 10.2. The first-order valence-corrected chi connectivity index (χ1v) is 5.35. The molecular weight excluding hydrogens is 202 g/mol. The summed E-state index contributed by atoms with van der Waals surface area (Å²) in [5.41, 5.74) is 7.76. The highest BCUT2D eigenvalue weighted by molar-refractivity contribution is 5.52. The van der Waals surface area contributed by atoms with Crippen LogP contribution >= 0.6 is 0 Å². The number of nitrogens with two attached hydrogens (primary N) is 1. The summed E-state index contributed by atoms with van der Waals surface area (Å²) in [6, 6.07) is 1.87. The van der Waals surface area contributed by atoms with Gasteiger partial charge in [0, 0.05) is 24.7 Å². The van der Waals surface area contributed by atoms with Crippen LogP contribution in [-0.4, -0.2) is 19.5 Å². The number of hydrogen-bond donors (Lipinski definition) is 1. The van der Waals surface area contributed by atoms with Crippen LogP contribution in [0.4, 0.5) is 5.82 Å². The van der Waals surface area contributed by atoms with Crippen molar-refractivity contribution in [1.29, 1.82) is 0 Å². The first kappa shape index (κ1) is 9.33. The van der Waals surface area contributed by atoms with Gasteiger partial charge in [-0.2, -0.15) is 0 Å². The highest BCUT2D eigenvalue weighted by Gasteiger charge is 2.26. The molecule has 3 rings (SSSR count). The molecule has 0 radical (unpaired) electrons. The molecule has 82 valence electrons. The molecule has 1 saturated carbocycles. The summed E-state index contributed by atoms with van der Waals surface area (Å²) < 4.78 is 1.89. The molecule has 0 amide bonds. The molecule has 2 N–H and O–H groups in total. The molecule has 2 aromatic heterocycles. The van der Waals surface area contributed by atoms with Crippen LogP contribution in [0.1, 0.15) is 24.5 Å². The molecule has 2 aromatic rings. The number of rotatable bonds is 2. The van der Waals surface area contributed by atoms with Crippen molar-refractivity contribution in [3.8, 4) is 11.5 Å². The predicted octanol–water partition coefficient (Wildman–Crippen LogP) is 1.34. The van der Waals surface area contributed by atoms with Gasteiger partial charge in [0.1, 0.15) is 11.5 Å². The Morgan fingerprint density at radius 3 is 2.81 bits per heavy atom. The number of aromatic nitrogens is 4. The van der Waals surface area contributed by atoms with E-state index in [4.69, 9.17) is 5.73 Å². The standard InChI is InChI=1S/C11H13N5/c1-16-6-13-5-9(16)11-14-8(7-2-3-7)4-10(12)15-11/h4-7H,2-3H2,1H3,(H2,12,14,15). The van der Waals surface area contributed by atoms with E-state index in [1.54, 1.807) is 12.5 Å². The van der Waals surface area contributed by atoms with Gasteiger partial charge in [0.05, 0.1) is 12.5 Å². The van der Waals surface area contributed by atoms with Crippen molar-refractivity contribution < 1.29 is 0 Å². The zero-order valence-corrected chi connectivity index (χ0v) is 9.09. The fourth-order valence-corrected chi connectivity index (χ4v) is 1.76. The van der Waals surface area contributed by atoms with Crippen molar-refractivity contribution in [2.24, 2.45) is 7.05 Å². The van der Waals surface area contributed by atoms with E-state index in [1.165, 1.54) is 12.8 Å². The summed E-state index contributed by atoms with van der Waals surface area (Å²) in [6.45, 7) is 0. The molecule has 0 unspecified atom stereocenters. The van der Waals surface area contributed by atoms with Crippen LogP contribution in [0.3, 0.4) is 0 Å². The highest BCUT2D eigenvalue weighted by atomic mass is 15.1. The lowest BCUT2D eigenvalue weighted by molar-refractivity contribution is 0.900. The average molecular weight is 215 g/mol. The van der Waals surface area contributed by atoms with Gasteiger partial charge >= 0.3 is 0 Å². The molecule has 0 bridgehead atoms. The topological polar surface area (TPSA) is 69.6 Å². The summed E-state index contributed by atoms with van der Waals surface area (Å²) in [4.78, 5) is 12.9. The largest absolute Gasteiger partial charge is 0.384 e. The Kier molecular flexibility index (Phi) is 1.92. The van der Waals surface area contributed by atoms with E-state index in [-0.39, 0.29) is 0 Å². The van der Waals surface area contributed by atoms with Gasteiger partial charge in [0.15, 0.2) is 5.82 Å². The second-order valence-electron chi connectivity index (χ2n) is 4.21. The Bertz CT molecular complexity index is 527. The Morgan fingerprint density at radius 1 is 1.38 bits per heavy atom. The van der Waals surface area contributed by atoms with E-state index in [1.807, 2.05) is 17.7 Å². The van der Waals surface area contributed by atoms with Gasteiger partial charge in [0.2, 0.25) is 0 Å². The lowest BCUT2D eigenvalue weighted by Crippen LogP contribution is -2.01. The summed E-state index contributed by atoms with van der Waals surface area (Å²) in [5.74, 6) is 1.78. The highest BCUT2D eigenvalue weighted by Crippen LogP contribution is 2.39. The zero-order chi connectivity index (χ0) is 11.1. The number of aryl methyl sites for hydroxylation is 1. The molecule has 16 heavy (non-hydrogen) atoms. The second kappa shape index (κ2) is 3.30. The average Bonchev–Trinajstić information content (AvgIpc) is 3.01.